The molecule has 0 fully saturated rings. The molecular formula is C20H23FN5OP. The van der Waals surface area contributed by atoms with Gasteiger partial charge in [0, 0.05) is 18.3 Å². The summed E-state index contributed by atoms with van der Waals surface area (Å²) in [5, 5.41) is 5.71. The summed E-state index contributed by atoms with van der Waals surface area (Å²) >= 11 is 0. The lowest BCUT2D eigenvalue weighted by atomic mass is 10.0. The highest BCUT2D eigenvalue weighted by molar-refractivity contribution is 7.19. The van der Waals surface area contributed by atoms with Crippen LogP contribution in [0.2, 0.25) is 0 Å². The van der Waals surface area contributed by atoms with Crippen LogP contribution in [-0.4, -0.2) is 37.6 Å². The number of hydrogen-bond acceptors (Lipinski definition) is 4. The maximum atomic E-state index is 14.3. The minimum Gasteiger partial charge on any atom is -0.349 e. The Labute approximate surface area is 165 Å². The third kappa shape index (κ3) is 4.25. The molecule has 3 heterocycles. The van der Waals surface area contributed by atoms with Crippen molar-refractivity contribution in [3.8, 4) is 11.4 Å². The molecule has 0 radical (unpaired) electrons. The number of allylic oxidation sites excluding steroid dienone is 5. The van der Waals surface area contributed by atoms with Gasteiger partial charge in [0.15, 0.2) is 5.82 Å². The summed E-state index contributed by atoms with van der Waals surface area (Å²) in [6.07, 6.45) is 5.02. The molecule has 0 saturated heterocycles. The van der Waals surface area contributed by atoms with Crippen LogP contribution < -0.4 is 5.32 Å². The van der Waals surface area contributed by atoms with Crippen LogP contribution >= 0.6 is 9.24 Å². The van der Waals surface area contributed by atoms with Crippen LogP contribution in [0.5, 0.6) is 0 Å². The van der Waals surface area contributed by atoms with Gasteiger partial charge in [-0.05, 0) is 38.5 Å². The fraction of sp³-hybridized carbons (Fsp3) is 0.300. The van der Waals surface area contributed by atoms with Crippen molar-refractivity contribution in [1.82, 2.24) is 25.1 Å². The summed E-state index contributed by atoms with van der Waals surface area (Å²) in [6.45, 7) is 10.4. The third-order valence-electron chi connectivity index (χ3n) is 4.34. The standard InChI is InChI=1S/C20H23FN5OP/c1-12(2)14(20(4,21)28)6-5-13(3)18-22-8-7-15(24-18)16-11-17-19(27)23-9-10-26(17)25-16/h5-8,11H,3,9-10,28H2,1-2,4H3,(H,23,27)/b6-5-. The number of aromatic nitrogens is 4. The molecule has 6 nitrogen and oxygen atoms in total. The molecule has 0 saturated carbocycles. The van der Waals surface area contributed by atoms with Crippen molar-refractivity contribution in [1.29, 1.82) is 0 Å². The van der Waals surface area contributed by atoms with Crippen LogP contribution in [0.3, 0.4) is 0 Å². The largest absolute Gasteiger partial charge is 0.349 e. The summed E-state index contributed by atoms with van der Waals surface area (Å²) in [6, 6.07) is 3.44. The van der Waals surface area contributed by atoms with Crippen molar-refractivity contribution in [3.63, 3.8) is 0 Å². The van der Waals surface area contributed by atoms with E-state index >= 15 is 0 Å². The van der Waals surface area contributed by atoms with Crippen LogP contribution in [0.25, 0.3) is 17.0 Å². The minimum absolute atomic E-state index is 0.146. The molecule has 0 aliphatic carbocycles. The van der Waals surface area contributed by atoms with E-state index in [-0.39, 0.29) is 5.91 Å². The monoisotopic (exact) mass is 399 g/mol. The van der Waals surface area contributed by atoms with E-state index in [1.807, 2.05) is 13.8 Å². The van der Waals surface area contributed by atoms with Crippen LogP contribution in [0, 0.1) is 0 Å². The lowest BCUT2D eigenvalue weighted by Crippen LogP contribution is -2.35. The van der Waals surface area contributed by atoms with Gasteiger partial charge in [-0.2, -0.15) is 5.10 Å². The molecule has 2 aromatic heterocycles. The maximum absolute atomic E-state index is 14.3. The van der Waals surface area contributed by atoms with E-state index < -0.39 is 5.41 Å². The molecule has 8 heteroatoms. The molecular weight excluding hydrogens is 376 g/mol. The van der Waals surface area contributed by atoms with Crippen molar-refractivity contribution < 1.29 is 9.18 Å². The predicted octanol–water partition coefficient (Wildman–Crippen LogP) is 3.55. The van der Waals surface area contributed by atoms with Gasteiger partial charge in [-0.3, -0.25) is 9.48 Å². The summed E-state index contributed by atoms with van der Waals surface area (Å²) < 4.78 is 16.0. The number of carbonyl (C=O) groups is 1. The molecule has 1 amide bonds. The summed E-state index contributed by atoms with van der Waals surface area (Å²) in [5.41, 5.74) is 3.69. The number of alkyl halides is 1. The Balaban J connectivity index is 1.88. The van der Waals surface area contributed by atoms with Crippen molar-refractivity contribution in [2.24, 2.45) is 0 Å². The first kappa shape index (κ1) is 20.1. The van der Waals surface area contributed by atoms with E-state index in [0.29, 0.717) is 47.1 Å². The molecule has 0 bridgehead atoms. The topological polar surface area (TPSA) is 72.7 Å². The maximum Gasteiger partial charge on any atom is 0.269 e. The van der Waals surface area contributed by atoms with E-state index in [1.54, 1.807) is 35.2 Å². The Morgan fingerprint density at radius 2 is 2.14 bits per heavy atom. The van der Waals surface area contributed by atoms with Crippen molar-refractivity contribution in [2.45, 2.75) is 32.7 Å². The average Bonchev–Trinajstić information content (AvgIpc) is 3.06. The van der Waals surface area contributed by atoms with Gasteiger partial charge in [-0.15, -0.1) is 0 Å². The predicted molar refractivity (Wildman–Crippen MR) is 111 cm³/mol. The Morgan fingerprint density at radius 3 is 2.79 bits per heavy atom. The molecule has 0 spiro atoms. The number of nitrogens with zero attached hydrogens (tertiary/aromatic N) is 4. The number of hydrogen-bond donors (Lipinski definition) is 1. The molecule has 3 rings (SSSR count). The van der Waals surface area contributed by atoms with Crippen LogP contribution in [0.4, 0.5) is 4.39 Å². The van der Waals surface area contributed by atoms with Gasteiger partial charge in [0.25, 0.3) is 5.91 Å². The quantitative estimate of drug-likeness (QED) is 0.617. The second-order valence-corrected chi connectivity index (χ2v) is 8.09. The fourth-order valence-corrected chi connectivity index (χ4v) is 3.38. The van der Waals surface area contributed by atoms with Gasteiger partial charge in [0.1, 0.15) is 16.8 Å². The van der Waals surface area contributed by atoms with E-state index in [9.17, 15) is 9.18 Å². The van der Waals surface area contributed by atoms with Gasteiger partial charge < -0.3 is 5.32 Å². The first-order valence-electron chi connectivity index (χ1n) is 8.89. The number of carbonyl (C=O) groups excluding carboxylic acids is 1. The average molecular weight is 399 g/mol. The highest BCUT2D eigenvalue weighted by atomic mass is 31.0. The smallest absolute Gasteiger partial charge is 0.269 e. The molecule has 1 aliphatic heterocycles. The molecule has 2 aromatic rings. The van der Waals surface area contributed by atoms with Crippen LogP contribution in [0.1, 0.15) is 37.1 Å². The number of fused-ring (bicyclic) bond motifs is 1. The summed E-state index contributed by atoms with van der Waals surface area (Å²) in [7, 11) is 2.20. The molecule has 2 atom stereocenters. The Hall–Kier alpha value is -2.66. The van der Waals surface area contributed by atoms with Crippen molar-refractivity contribution >= 4 is 20.7 Å². The Bertz CT molecular complexity index is 996. The second kappa shape index (κ2) is 7.76. The molecule has 0 aromatic carbocycles. The molecule has 28 heavy (non-hydrogen) atoms. The van der Waals surface area contributed by atoms with E-state index in [4.69, 9.17) is 0 Å². The molecule has 146 valence electrons. The number of nitrogens with one attached hydrogen (secondary N) is 1. The fourth-order valence-electron chi connectivity index (χ4n) is 2.99. The summed E-state index contributed by atoms with van der Waals surface area (Å²) in [5.74, 6) is 0.272. The number of halogens is 1. The zero-order valence-electron chi connectivity index (χ0n) is 16.2. The van der Waals surface area contributed by atoms with Crippen molar-refractivity contribution in [3.05, 3.63) is 59.7 Å². The third-order valence-corrected chi connectivity index (χ3v) is 4.65. The van der Waals surface area contributed by atoms with Crippen LogP contribution in [0.15, 0.2) is 48.2 Å². The first-order valence-corrected chi connectivity index (χ1v) is 9.47. The van der Waals surface area contributed by atoms with Crippen LogP contribution in [-0.2, 0) is 6.54 Å². The van der Waals surface area contributed by atoms with E-state index in [0.717, 1.165) is 5.57 Å². The number of amides is 1. The highest BCUT2D eigenvalue weighted by Gasteiger charge is 2.22. The zero-order chi connectivity index (χ0) is 20.5. The Morgan fingerprint density at radius 1 is 1.39 bits per heavy atom. The minimum atomic E-state index is -1.53. The molecule has 2 unspecified atom stereocenters. The number of rotatable bonds is 5. The van der Waals surface area contributed by atoms with Gasteiger partial charge in [0.05, 0.1) is 12.2 Å². The Kier molecular flexibility index (Phi) is 5.57. The molecule has 1 aliphatic rings. The SMILES string of the molecule is C=C(/C=C\C(=C(C)C)C(C)(F)P)c1nccc(-c2cc3n(n2)CCNC3=O)n1. The summed E-state index contributed by atoms with van der Waals surface area (Å²) in [4.78, 5) is 20.7. The van der Waals surface area contributed by atoms with Gasteiger partial charge in [0.2, 0.25) is 0 Å². The second-order valence-electron chi connectivity index (χ2n) is 7.01. The van der Waals surface area contributed by atoms with Gasteiger partial charge in [-0.1, -0.05) is 33.5 Å². The zero-order valence-corrected chi connectivity index (χ0v) is 17.3. The van der Waals surface area contributed by atoms with Crippen molar-refractivity contribution in [2.75, 3.05) is 6.54 Å². The van der Waals surface area contributed by atoms with Gasteiger partial charge in [-0.25, -0.2) is 14.4 Å². The first-order chi connectivity index (χ1) is 13.2. The molecule has 1 N–H and O–H groups in total. The normalized spacial score (nSPS) is 15.7. The van der Waals surface area contributed by atoms with E-state index in [2.05, 4.69) is 36.2 Å². The highest BCUT2D eigenvalue weighted by Crippen LogP contribution is 2.32. The van der Waals surface area contributed by atoms with E-state index in [1.165, 1.54) is 6.92 Å². The lowest BCUT2D eigenvalue weighted by Gasteiger charge is -2.17. The van der Waals surface area contributed by atoms with Gasteiger partial charge >= 0.3 is 0 Å². The lowest BCUT2D eigenvalue weighted by molar-refractivity contribution is 0.0924.